The molecule has 27 heavy (non-hydrogen) atoms. The van der Waals surface area contributed by atoms with Crippen LogP contribution in [0, 0.1) is 6.92 Å². The van der Waals surface area contributed by atoms with Crippen molar-refractivity contribution in [1.29, 1.82) is 0 Å². The molecule has 0 unspecified atom stereocenters. The molecule has 9 heteroatoms. The average Bonchev–Trinajstić information content (AvgIpc) is 2.97. The lowest BCUT2D eigenvalue weighted by Crippen LogP contribution is -2.28. The molecule has 1 aromatic carbocycles. The van der Waals surface area contributed by atoms with E-state index in [1.807, 2.05) is 13.8 Å². The second kappa shape index (κ2) is 10.5. The summed E-state index contributed by atoms with van der Waals surface area (Å²) >= 11 is 7.35. The molecule has 0 spiro atoms. The van der Waals surface area contributed by atoms with Gasteiger partial charge in [0.1, 0.15) is 11.0 Å². The molecule has 1 aliphatic heterocycles. The van der Waals surface area contributed by atoms with E-state index in [0.717, 1.165) is 12.0 Å². The number of benzene rings is 1. The largest absolute Gasteiger partial charge is 0.495 e. The number of anilines is 1. The summed E-state index contributed by atoms with van der Waals surface area (Å²) in [5, 5.41) is 6.10. The Balaban J connectivity index is 1.90. The number of ether oxygens (including phenoxy) is 2. The first kappa shape index (κ1) is 21.5. The number of aliphatic imine (C=N–C) groups is 1. The van der Waals surface area contributed by atoms with Gasteiger partial charge in [0.15, 0.2) is 5.17 Å². The van der Waals surface area contributed by atoms with Crippen LogP contribution >= 0.6 is 23.4 Å². The zero-order valence-corrected chi connectivity index (χ0v) is 17.2. The summed E-state index contributed by atoms with van der Waals surface area (Å²) in [5.41, 5.74) is 1.35. The Morgan fingerprint density at radius 1 is 1.44 bits per heavy atom. The van der Waals surface area contributed by atoms with Crippen molar-refractivity contribution in [2.24, 2.45) is 4.99 Å². The van der Waals surface area contributed by atoms with E-state index in [1.54, 1.807) is 12.1 Å². The molecule has 0 aliphatic carbocycles. The van der Waals surface area contributed by atoms with Crippen molar-refractivity contribution in [3.05, 3.63) is 22.7 Å². The molecule has 1 fully saturated rings. The van der Waals surface area contributed by atoms with Crippen molar-refractivity contribution >= 4 is 46.0 Å². The van der Waals surface area contributed by atoms with E-state index in [2.05, 4.69) is 15.6 Å². The fourth-order valence-corrected chi connectivity index (χ4v) is 3.55. The predicted octanol–water partition coefficient (Wildman–Crippen LogP) is 3.00. The van der Waals surface area contributed by atoms with Crippen molar-refractivity contribution in [3.63, 3.8) is 0 Å². The first-order valence-corrected chi connectivity index (χ1v) is 9.94. The SMILES string of the molecule is CCOCCCN=C1NC(=O)[C@@H](CC(=O)Nc2cc(C)c(Cl)cc2OC)S1. The number of rotatable bonds is 9. The Hall–Kier alpha value is -1.77. The minimum absolute atomic E-state index is 0.0410. The summed E-state index contributed by atoms with van der Waals surface area (Å²) < 4.78 is 10.5. The average molecular weight is 414 g/mol. The van der Waals surface area contributed by atoms with Crippen LogP contribution in [0.3, 0.4) is 0 Å². The maximum absolute atomic E-state index is 12.4. The third-order valence-electron chi connectivity index (χ3n) is 3.81. The Morgan fingerprint density at radius 3 is 2.93 bits per heavy atom. The number of methoxy groups -OCH3 is 1. The highest BCUT2D eigenvalue weighted by Crippen LogP contribution is 2.31. The lowest BCUT2D eigenvalue weighted by molar-refractivity contribution is -0.122. The zero-order chi connectivity index (χ0) is 19.8. The van der Waals surface area contributed by atoms with Gasteiger partial charge in [0.2, 0.25) is 11.8 Å². The molecule has 1 saturated heterocycles. The van der Waals surface area contributed by atoms with Crippen molar-refractivity contribution in [3.8, 4) is 5.75 Å². The maximum Gasteiger partial charge on any atom is 0.240 e. The molecular formula is C18H24ClN3O4S. The maximum atomic E-state index is 12.4. The van der Waals surface area contributed by atoms with Gasteiger partial charge in [0.25, 0.3) is 0 Å². The number of amides is 2. The normalized spacial score (nSPS) is 17.9. The van der Waals surface area contributed by atoms with Crippen LogP contribution in [0.15, 0.2) is 17.1 Å². The van der Waals surface area contributed by atoms with Crippen LogP contribution in [0.1, 0.15) is 25.3 Å². The second-order valence-corrected chi connectivity index (χ2v) is 7.49. The van der Waals surface area contributed by atoms with Crippen LogP contribution in [0.2, 0.25) is 5.02 Å². The Bertz CT molecular complexity index is 727. The number of halogens is 1. The number of carbonyl (C=O) groups is 2. The molecule has 1 heterocycles. The van der Waals surface area contributed by atoms with Crippen molar-refractivity contribution in [1.82, 2.24) is 5.32 Å². The van der Waals surface area contributed by atoms with Crippen molar-refractivity contribution in [2.45, 2.75) is 31.9 Å². The number of nitrogens with one attached hydrogen (secondary N) is 2. The van der Waals surface area contributed by atoms with Gasteiger partial charge in [-0.2, -0.15) is 0 Å². The summed E-state index contributed by atoms with van der Waals surface area (Å²) in [6.07, 6.45) is 0.827. The van der Waals surface area contributed by atoms with E-state index in [4.69, 9.17) is 21.1 Å². The summed E-state index contributed by atoms with van der Waals surface area (Å²) in [5.74, 6) is -0.0164. The Labute approximate surface area is 168 Å². The number of hydrogen-bond acceptors (Lipinski definition) is 6. The first-order valence-electron chi connectivity index (χ1n) is 8.68. The van der Waals surface area contributed by atoms with Gasteiger partial charge in [-0.3, -0.25) is 14.6 Å². The van der Waals surface area contributed by atoms with Crippen LogP contribution < -0.4 is 15.4 Å². The third-order valence-corrected chi connectivity index (χ3v) is 5.34. The zero-order valence-electron chi connectivity index (χ0n) is 15.6. The highest BCUT2D eigenvalue weighted by molar-refractivity contribution is 8.15. The van der Waals surface area contributed by atoms with Gasteiger partial charge in [0.05, 0.1) is 12.8 Å². The van der Waals surface area contributed by atoms with E-state index in [-0.39, 0.29) is 18.2 Å². The van der Waals surface area contributed by atoms with Gasteiger partial charge in [-0.05, 0) is 31.9 Å². The quantitative estimate of drug-likeness (QED) is 0.607. The number of aryl methyl sites for hydroxylation is 1. The fraction of sp³-hybridized carbons (Fsp3) is 0.500. The van der Waals surface area contributed by atoms with Gasteiger partial charge in [-0.25, -0.2) is 0 Å². The van der Waals surface area contributed by atoms with Crippen LogP contribution in [-0.4, -0.2) is 49.1 Å². The van der Waals surface area contributed by atoms with Gasteiger partial charge in [0, 0.05) is 37.3 Å². The Kier molecular flexibility index (Phi) is 8.40. The predicted molar refractivity (Wildman–Crippen MR) is 109 cm³/mol. The molecule has 0 radical (unpaired) electrons. The lowest BCUT2D eigenvalue weighted by Gasteiger charge is -2.13. The lowest BCUT2D eigenvalue weighted by atomic mass is 10.2. The number of carbonyl (C=O) groups excluding carboxylic acids is 2. The van der Waals surface area contributed by atoms with Crippen LogP contribution in [0.5, 0.6) is 5.75 Å². The molecule has 0 bridgehead atoms. The van der Waals surface area contributed by atoms with E-state index < -0.39 is 5.25 Å². The smallest absolute Gasteiger partial charge is 0.240 e. The molecule has 148 valence electrons. The van der Waals surface area contributed by atoms with E-state index in [1.165, 1.54) is 18.9 Å². The molecule has 7 nitrogen and oxygen atoms in total. The summed E-state index contributed by atoms with van der Waals surface area (Å²) in [7, 11) is 1.51. The molecule has 1 atom stereocenters. The fourth-order valence-electron chi connectivity index (χ4n) is 2.41. The highest BCUT2D eigenvalue weighted by atomic mass is 35.5. The molecule has 1 aliphatic rings. The van der Waals surface area contributed by atoms with Gasteiger partial charge in [-0.1, -0.05) is 23.4 Å². The first-order chi connectivity index (χ1) is 12.9. The van der Waals surface area contributed by atoms with E-state index >= 15 is 0 Å². The van der Waals surface area contributed by atoms with Gasteiger partial charge >= 0.3 is 0 Å². The molecule has 0 aromatic heterocycles. The second-order valence-electron chi connectivity index (χ2n) is 5.89. The van der Waals surface area contributed by atoms with Crippen LogP contribution in [0.25, 0.3) is 0 Å². The highest BCUT2D eigenvalue weighted by Gasteiger charge is 2.32. The van der Waals surface area contributed by atoms with E-state index in [9.17, 15) is 9.59 Å². The summed E-state index contributed by atoms with van der Waals surface area (Å²) in [4.78, 5) is 28.8. The monoisotopic (exact) mass is 413 g/mol. The minimum Gasteiger partial charge on any atom is -0.495 e. The van der Waals surface area contributed by atoms with Crippen LogP contribution in [0.4, 0.5) is 5.69 Å². The number of thioether (sulfide) groups is 1. The minimum atomic E-state index is -0.505. The number of nitrogens with zero attached hydrogens (tertiary/aromatic N) is 1. The molecule has 0 saturated carbocycles. The molecular weight excluding hydrogens is 390 g/mol. The van der Waals surface area contributed by atoms with Gasteiger partial charge in [-0.15, -0.1) is 0 Å². The topological polar surface area (TPSA) is 89.0 Å². The molecule has 1 aromatic rings. The number of hydrogen-bond donors (Lipinski definition) is 2. The van der Waals surface area contributed by atoms with E-state index in [0.29, 0.717) is 41.4 Å². The summed E-state index contributed by atoms with van der Waals surface area (Å²) in [6, 6.07) is 3.39. The summed E-state index contributed by atoms with van der Waals surface area (Å²) in [6.45, 7) is 5.67. The molecule has 2 rings (SSSR count). The third kappa shape index (κ3) is 6.41. The standard InChI is InChI=1S/C18H24ClN3O4S/c1-4-26-7-5-6-20-18-22-17(24)15(27-18)10-16(23)21-13-8-11(2)12(19)9-14(13)25-3/h8-9,15H,4-7,10H2,1-3H3,(H,21,23)(H,20,22,24)/t15-/m1/s1. The van der Waals surface area contributed by atoms with Crippen molar-refractivity contribution in [2.75, 3.05) is 32.2 Å². The molecule has 2 N–H and O–H groups in total. The van der Waals surface area contributed by atoms with Crippen LogP contribution in [-0.2, 0) is 14.3 Å². The van der Waals surface area contributed by atoms with Gasteiger partial charge < -0.3 is 20.1 Å². The molecule has 2 amide bonds. The van der Waals surface area contributed by atoms with Crippen molar-refractivity contribution < 1.29 is 19.1 Å². The Morgan fingerprint density at radius 2 is 2.22 bits per heavy atom. The number of amidine groups is 1.